The van der Waals surface area contributed by atoms with Crippen molar-refractivity contribution >= 4 is 15.9 Å². The molecular formula is C13H17BrF3N. The lowest BCUT2D eigenvalue weighted by Gasteiger charge is -2.20. The Labute approximate surface area is 114 Å². The van der Waals surface area contributed by atoms with Gasteiger partial charge in [0.2, 0.25) is 0 Å². The summed E-state index contributed by atoms with van der Waals surface area (Å²) in [5, 5.41) is 3.22. The first-order valence-corrected chi connectivity index (χ1v) is 6.79. The van der Waals surface area contributed by atoms with Gasteiger partial charge in [0, 0.05) is 10.5 Å². The Balaban J connectivity index is 3.11. The Bertz CT molecular complexity index is 384. The van der Waals surface area contributed by atoms with Crippen LogP contribution >= 0.6 is 15.9 Å². The SMILES string of the molecule is CCCC(NCC)c1cc(C(F)(F)F)ccc1Br. The van der Waals surface area contributed by atoms with Crippen LogP contribution in [0.3, 0.4) is 0 Å². The van der Waals surface area contributed by atoms with Gasteiger partial charge in [-0.1, -0.05) is 36.2 Å². The molecule has 5 heteroatoms. The normalized spacial score (nSPS) is 13.7. The maximum atomic E-state index is 12.7. The fraction of sp³-hybridized carbons (Fsp3) is 0.538. The zero-order valence-corrected chi connectivity index (χ0v) is 12.0. The van der Waals surface area contributed by atoms with E-state index in [1.165, 1.54) is 12.1 Å². The summed E-state index contributed by atoms with van der Waals surface area (Å²) < 4.78 is 38.8. The first-order valence-electron chi connectivity index (χ1n) is 6.00. The Morgan fingerprint density at radius 1 is 1.28 bits per heavy atom. The summed E-state index contributed by atoms with van der Waals surface area (Å²) >= 11 is 3.33. The van der Waals surface area contributed by atoms with Gasteiger partial charge >= 0.3 is 6.18 Å². The third-order valence-corrected chi connectivity index (χ3v) is 3.45. The number of hydrogen-bond donors (Lipinski definition) is 1. The molecule has 18 heavy (non-hydrogen) atoms. The van der Waals surface area contributed by atoms with E-state index in [1.807, 2.05) is 13.8 Å². The van der Waals surface area contributed by atoms with E-state index in [0.717, 1.165) is 29.9 Å². The van der Waals surface area contributed by atoms with Gasteiger partial charge in [-0.25, -0.2) is 0 Å². The first kappa shape index (κ1) is 15.5. The van der Waals surface area contributed by atoms with Gasteiger partial charge in [-0.2, -0.15) is 13.2 Å². The van der Waals surface area contributed by atoms with E-state index in [0.29, 0.717) is 5.56 Å². The van der Waals surface area contributed by atoms with Gasteiger partial charge in [0.1, 0.15) is 0 Å². The summed E-state index contributed by atoms with van der Waals surface area (Å²) in [6.45, 7) is 4.70. The second kappa shape index (κ2) is 6.57. The van der Waals surface area contributed by atoms with E-state index >= 15 is 0 Å². The van der Waals surface area contributed by atoms with E-state index < -0.39 is 11.7 Å². The van der Waals surface area contributed by atoms with E-state index in [-0.39, 0.29) is 6.04 Å². The molecule has 0 bridgehead atoms. The minimum absolute atomic E-state index is 0.0447. The van der Waals surface area contributed by atoms with Crippen molar-refractivity contribution in [1.82, 2.24) is 5.32 Å². The molecule has 1 rings (SSSR count). The lowest BCUT2D eigenvalue weighted by atomic mass is 10.00. The second-order valence-electron chi connectivity index (χ2n) is 4.13. The monoisotopic (exact) mass is 323 g/mol. The van der Waals surface area contributed by atoms with Crippen molar-refractivity contribution in [2.75, 3.05) is 6.54 Å². The molecule has 0 radical (unpaired) electrons. The van der Waals surface area contributed by atoms with Crippen molar-refractivity contribution in [2.24, 2.45) is 0 Å². The van der Waals surface area contributed by atoms with Gasteiger partial charge in [0.25, 0.3) is 0 Å². The smallest absolute Gasteiger partial charge is 0.310 e. The Morgan fingerprint density at radius 3 is 2.44 bits per heavy atom. The number of nitrogens with one attached hydrogen (secondary N) is 1. The maximum Gasteiger partial charge on any atom is 0.416 e. The fourth-order valence-electron chi connectivity index (χ4n) is 1.89. The van der Waals surface area contributed by atoms with Gasteiger partial charge in [-0.3, -0.25) is 0 Å². The zero-order valence-electron chi connectivity index (χ0n) is 10.4. The fourth-order valence-corrected chi connectivity index (χ4v) is 2.41. The van der Waals surface area contributed by atoms with Crippen molar-refractivity contribution in [3.8, 4) is 0 Å². The van der Waals surface area contributed by atoms with Crippen molar-refractivity contribution in [3.05, 3.63) is 33.8 Å². The number of halogens is 4. The van der Waals surface area contributed by atoms with Gasteiger partial charge < -0.3 is 5.32 Å². The Morgan fingerprint density at radius 2 is 1.94 bits per heavy atom. The lowest BCUT2D eigenvalue weighted by Crippen LogP contribution is -2.21. The number of hydrogen-bond acceptors (Lipinski definition) is 1. The van der Waals surface area contributed by atoms with Crippen LogP contribution in [0.1, 0.15) is 43.9 Å². The van der Waals surface area contributed by atoms with Gasteiger partial charge in [-0.05, 0) is 36.7 Å². The highest BCUT2D eigenvalue weighted by molar-refractivity contribution is 9.10. The highest BCUT2D eigenvalue weighted by Crippen LogP contribution is 2.34. The summed E-state index contributed by atoms with van der Waals surface area (Å²) in [6.07, 6.45) is -2.56. The van der Waals surface area contributed by atoms with Crippen LogP contribution < -0.4 is 5.32 Å². The third kappa shape index (κ3) is 3.99. The zero-order chi connectivity index (χ0) is 13.8. The van der Waals surface area contributed by atoms with E-state index in [2.05, 4.69) is 21.2 Å². The molecule has 0 spiro atoms. The maximum absolute atomic E-state index is 12.7. The van der Waals surface area contributed by atoms with Crippen molar-refractivity contribution in [2.45, 2.75) is 38.9 Å². The minimum atomic E-state index is -4.29. The molecule has 0 saturated carbocycles. The molecule has 0 aliphatic carbocycles. The molecule has 0 saturated heterocycles. The molecule has 1 unspecified atom stereocenters. The van der Waals surface area contributed by atoms with Gasteiger partial charge in [0.05, 0.1) is 5.56 Å². The highest BCUT2D eigenvalue weighted by Gasteiger charge is 2.31. The number of rotatable bonds is 5. The van der Waals surface area contributed by atoms with Gasteiger partial charge in [-0.15, -0.1) is 0 Å². The topological polar surface area (TPSA) is 12.0 Å². The van der Waals surface area contributed by atoms with Crippen molar-refractivity contribution in [3.63, 3.8) is 0 Å². The lowest BCUT2D eigenvalue weighted by molar-refractivity contribution is -0.137. The summed E-state index contributed by atoms with van der Waals surface area (Å²) in [6, 6.07) is 3.75. The molecule has 0 aromatic heterocycles. The molecule has 0 fully saturated rings. The van der Waals surface area contributed by atoms with Crippen LogP contribution in [0.15, 0.2) is 22.7 Å². The summed E-state index contributed by atoms with van der Waals surface area (Å²) in [5.41, 5.74) is 0.0771. The van der Waals surface area contributed by atoms with Crippen LogP contribution in [0.5, 0.6) is 0 Å². The predicted octanol–water partition coefficient (Wildman–Crippen LogP) is 4.92. The van der Waals surface area contributed by atoms with Gasteiger partial charge in [0.15, 0.2) is 0 Å². The van der Waals surface area contributed by atoms with Crippen LogP contribution in [0, 0.1) is 0 Å². The highest BCUT2D eigenvalue weighted by atomic mass is 79.9. The molecule has 1 atom stereocenters. The van der Waals surface area contributed by atoms with Crippen LogP contribution in [0.4, 0.5) is 13.2 Å². The average molecular weight is 324 g/mol. The number of alkyl halides is 3. The molecule has 0 aliphatic rings. The van der Waals surface area contributed by atoms with E-state index in [1.54, 1.807) is 0 Å². The summed E-state index contributed by atoms with van der Waals surface area (Å²) in [7, 11) is 0. The van der Waals surface area contributed by atoms with Crippen LogP contribution in [-0.2, 0) is 6.18 Å². The van der Waals surface area contributed by atoms with Crippen LogP contribution in [0.25, 0.3) is 0 Å². The molecule has 1 aromatic rings. The Kier molecular flexibility index (Phi) is 5.66. The molecule has 0 amide bonds. The van der Waals surface area contributed by atoms with Crippen molar-refractivity contribution < 1.29 is 13.2 Å². The quantitative estimate of drug-likeness (QED) is 0.811. The molecule has 1 nitrogen and oxygen atoms in total. The molecular weight excluding hydrogens is 307 g/mol. The van der Waals surface area contributed by atoms with Crippen LogP contribution in [0.2, 0.25) is 0 Å². The van der Waals surface area contributed by atoms with E-state index in [4.69, 9.17) is 0 Å². The first-order chi connectivity index (χ1) is 8.40. The predicted molar refractivity (Wildman–Crippen MR) is 70.5 cm³/mol. The van der Waals surface area contributed by atoms with Crippen molar-refractivity contribution in [1.29, 1.82) is 0 Å². The largest absolute Gasteiger partial charge is 0.416 e. The second-order valence-corrected chi connectivity index (χ2v) is 4.99. The standard InChI is InChI=1S/C13H17BrF3N/c1-3-5-12(18-4-2)10-8-9(13(15,16)17)6-7-11(10)14/h6-8,12,18H,3-5H2,1-2H3. The molecule has 102 valence electrons. The number of benzene rings is 1. The molecule has 0 aliphatic heterocycles. The molecule has 0 heterocycles. The minimum Gasteiger partial charge on any atom is -0.310 e. The molecule has 1 N–H and O–H groups in total. The third-order valence-electron chi connectivity index (χ3n) is 2.73. The summed E-state index contributed by atoms with van der Waals surface area (Å²) in [5.74, 6) is 0. The Hall–Kier alpha value is -0.550. The molecule has 1 aromatic carbocycles. The van der Waals surface area contributed by atoms with E-state index in [9.17, 15) is 13.2 Å². The summed E-state index contributed by atoms with van der Waals surface area (Å²) in [4.78, 5) is 0. The van der Waals surface area contributed by atoms with Crippen LogP contribution in [-0.4, -0.2) is 6.54 Å². The average Bonchev–Trinajstić information content (AvgIpc) is 2.28.